The van der Waals surface area contributed by atoms with Gasteiger partial charge in [0.25, 0.3) is 0 Å². The van der Waals surface area contributed by atoms with E-state index in [0.717, 1.165) is 5.56 Å². The molecule has 0 saturated carbocycles. The molecule has 4 atom stereocenters. The quantitative estimate of drug-likeness (QED) is 0.0516. The molecule has 14 N–H and O–H groups in total. The van der Waals surface area contributed by atoms with Gasteiger partial charge in [-0.1, -0.05) is 30.3 Å². The summed E-state index contributed by atoms with van der Waals surface area (Å²) in [5.74, 6) is -2.97. The first kappa shape index (κ1) is 32.3. The SMILES string of the molecule is NCCCC[C@H](NC(=O)[C@@H](N)Cc1ccccc1)C(=O)N[C@@H](CO)C(=O)N[C@@H](CCCN=C(N)N)C(N)=O. The van der Waals surface area contributed by atoms with Crippen LogP contribution < -0.4 is 44.6 Å². The number of benzene rings is 1. The largest absolute Gasteiger partial charge is 0.394 e. The van der Waals surface area contributed by atoms with Crippen molar-refractivity contribution in [2.45, 2.75) is 62.7 Å². The number of guanidine groups is 1. The van der Waals surface area contributed by atoms with Crippen LogP contribution in [0, 0.1) is 0 Å². The van der Waals surface area contributed by atoms with Gasteiger partial charge in [0.05, 0.1) is 12.6 Å². The van der Waals surface area contributed by atoms with Gasteiger partial charge in [-0.15, -0.1) is 0 Å². The number of aliphatic hydroxyl groups is 1. The molecule has 0 heterocycles. The summed E-state index contributed by atoms with van der Waals surface area (Å²) in [6, 6.07) is 4.78. The van der Waals surface area contributed by atoms with E-state index in [9.17, 15) is 24.3 Å². The first-order valence-corrected chi connectivity index (χ1v) is 12.4. The summed E-state index contributed by atoms with van der Waals surface area (Å²) < 4.78 is 0. The van der Waals surface area contributed by atoms with E-state index in [1.807, 2.05) is 30.3 Å². The van der Waals surface area contributed by atoms with Gasteiger partial charge in [-0.05, 0) is 50.6 Å². The fraction of sp³-hybridized carbons (Fsp3) is 0.542. The molecule has 0 aliphatic heterocycles. The number of amides is 4. The third-order valence-corrected chi connectivity index (χ3v) is 5.64. The van der Waals surface area contributed by atoms with Crippen LogP contribution in [0.1, 0.15) is 37.7 Å². The Morgan fingerprint density at radius 2 is 1.39 bits per heavy atom. The number of aliphatic imine (C=N–C) groups is 1. The number of nitrogens with one attached hydrogen (secondary N) is 3. The number of carbonyl (C=O) groups is 4. The minimum absolute atomic E-state index is 0.109. The van der Waals surface area contributed by atoms with Crippen molar-refractivity contribution in [1.82, 2.24) is 16.0 Å². The van der Waals surface area contributed by atoms with Crippen LogP contribution in [0.3, 0.4) is 0 Å². The molecule has 1 aromatic rings. The average molecular weight is 536 g/mol. The van der Waals surface area contributed by atoms with Gasteiger partial charge in [0.1, 0.15) is 18.1 Å². The highest BCUT2D eigenvalue weighted by atomic mass is 16.3. The van der Waals surface area contributed by atoms with Gasteiger partial charge in [0.2, 0.25) is 23.6 Å². The van der Waals surface area contributed by atoms with Crippen molar-refractivity contribution in [1.29, 1.82) is 0 Å². The lowest BCUT2D eigenvalue weighted by atomic mass is 10.0. The van der Waals surface area contributed by atoms with Crippen molar-refractivity contribution >= 4 is 29.6 Å². The normalized spacial score (nSPS) is 13.9. The molecule has 38 heavy (non-hydrogen) atoms. The second-order valence-electron chi connectivity index (χ2n) is 8.80. The molecular weight excluding hydrogens is 494 g/mol. The molecule has 1 rings (SSSR count). The second-order valence-corrected chi connectivity index (χ2v) is 8.80. The summed E-state index contributed by atoms with van der Waals surface area (Å²) in [4.78, 5) is 54.0. The van der Waals surface area contributed by atoms with Crippen LogP contribution in [-0.2, 0) is 25.6 Å². The Kier molecular flexibility index (Phi) is 15.0. The lowest BCUT2D eigenvalue weighted by Gasteiger charge is -2.24. The summed E-state index contributed by atoms with van der Waals surface area (Å²) >= 11 is 0. The highest BCUT2D eigenvalue weighted by molar-refractivity contribution is 5.94. The number of nitrogens with zero attached hydrogens (tertiary/aromatic N) is 1. The molecule has 0 saturated heterocycles. The van der Waals surface area contributed by atoms with Crippen LogP contribution in [0.5, 0.6) is 0 Å². The Morgan fingerprint density at radius 1 is 0.816 bits per heavy atom. The first-order chi connectivity index (χ1) is 18.1. The zero-order chi connectivity index (χ0) is 28.5. The van der Waals surface area contributed by atoms with Crippen molar-refractivity contribution in [2.75, 3.05) is 19.7 Å². The molecule has 4 amide bonds. The van der Waals surface area contributed by atoms with Crippen LogP contribution in [0.25, 0.3) is 0 Å². The summed E-state index contributed by atoms with van der Waals surface area (Å²) in [5.41, 5.74) is 28.3. The number of hydrogen-bond acceptors (Lipinski definition) is 8. The number of primary amides is 1. The molecule has 0 spiro atoms. The lowest BCUT2D eigenvalue weighted by molar-refractivity contribution is -0.134. The molecule has 0 bridgehead atoms. The summed E-state index contributed by atoms with van der Waals surface area (Å²) in [6.07, 6.45) is 2.13. The number of nitrogens with two attached hydrogens (primary N) is 5. The molecule has 212 valence electrons. The van der Waals surface area contributed by atoms with Crippen LogP contribution in [0.2, 0.25) is 0 Å². The fourth-order valence-corrected chi connectivity index (χ4v) is 3.53. The Balaban J connectivity index is 2.81. The Bertz CT molecular complexity index is 925. The monoisotopic (exact) mass is 535 g/mol. The van der Waals surface area contributed by atoms with E-state index in [1.54, 1.807) is 0 Å². The van der Waals surface area contributed by atoms with Gasteiger partial charge < -0.3 is 49.7 Å². The Morgan fingerprint density at radius 3 is 1.97 bits per heavy atom. The third kappa shape index (κ3) is 12.5. The molecule has 0 aliphatic rings. The topological polar surface area (TPSA) is 267 Å². The molecule has 14 heteroatoms. The maximum Gasteiger partial charge on any atom is 0.245 e. The van der Waals surface area contributed by atoms with E-state index < -0.39 is 54.4 Å². The van der Waals surface area contributed by atoms with Crippen molar-refractivity contribution in [3.63, 3.8) is 0 Å². The van der Waals surface area contributed by atoms with Crippen molar-refractivity contribution in [2.24, 2.45) is 33.7 Å². The van der Waals surface area contributed by atoms with Crippen LogP contribution in [-0.4, -0.2) is 78.6 Å². The van der Waals surface area contributed by atoms with Crippen LogP contribution in [0.15, 0.2) is 35.3 Å². The minimum atomic E-state index is -1.39. The number of hydrogen-bond donors (Lipinski definition) is 9. The predicted molar refractivity (Wildman–Crippen MR) is 143 cm³/mol. The molecule has 0 unspecified atom stereocenters. The average Bonchev–Trinajstić information content (AvgIpc) is 2.88. The molecular formula is C24H41N9O5. The van der Waals surface area contributed by atoms with Gasteiger partial charge in [-0.25, -0.2) is 0 Å². The zero-order valence-corrected chi connectivity index (χ0v) is 21.5. The number of rotatable bonds is 18. The maximum absolute atomic E-state index is 13.0. The maximum atomic E-state index is 13.0. The fourth-order valence-electron chi connectivity index (χ4n) is 3.53. The van der Waals surface area contributed by atoms with Crippen molar-refractivity contribution in [3.8, 4) is 0 Å². The molecule has 0 aromatic heterocycles. The van der Waals surface area contributed by atoms with Gasteiger partial charge >= 0.3 is 0 Å². The van der Waals surface area contributed by atoms with Gasteiger partial charge in [-0.2, -0.15) is 0 Å². The summed E-state index contributed by atoms with van der Waals surface area (Å²) in [7, 11) is 0. The van der Waals surface area contributed by atoms with E-state index in [0.29, 0.717) is 25.8 Å². The van der Waals surface area contributed by atoms with Crippen LogP contribution in [0.4, 0.5) is 0 Å². The highest BCUT2D eigenvalue weighted by Crippen LogP contribution is 2.06. The van der Waals surface area contributed by atoms with E-state index >= 15 is 0 Å². The lowest BCUT2D eigenvalue weighted by Crippen LogP contribution is -2.58. The van der Waals surface area contributed by atoms with Gasteiger partial charge in [0.15, 0.2) is 5.96 Å². The number of carbonyl (C=O) groups excluding carboxylic acids is 4. The van der Waals surface area contributed by atoms with Crippen molar-refractivity contribution < 1.29 is 24.3 Å². The standard InChI is InChI=1S/C24H41N9O5/c25-11-5-4-9-18(32-21(36)16(26)13-15-7-2-1-3-8-15)22(37)33-19(14-34)23(38)31-17(20(27)35)10-6-12-30-24(28)29/h1-3,7-8,16-19,34H,4-6,9-14,25-26H2,(H2,27,35)(H,31,38)(H,32,36)(H,33,37)(H4,28,29,30)/t16-,17-,18-,19-/m0/s1. The summed E-state index contributed by atoms with van der Waals surface area (Å²) in [6.45, 7) is -0.137. The van der Waals surface area contributed by atoms with Gasteiger partial charge in [0, 0.05) is 6.54 Å². The Labute approximate surface area is 222 Å². The van der Waals surface area contributed by atoms with Crippen molar-refractivity contribution in [3.05, 3.63) is 35.9 Å². The van der Waals surface area contributed by atoms with Crippen LogP contribution >= 0.6 is 0 Å². The van der Waals surface area contributed by atoms with E-state index in [1.165, 1.54) is 0 Å². The van der Waals surface area contributed by atoms with E-state index in [-0.39, 0.29) is 31.8 Å². The second kappa shape index (κ2) is 17.7. The third-order valence-electron chi connectivity index (χ3n) is 5.64. The highest BCUT2D eigenvalue weighted by Gasteiger charge is 2.29. The zero-order valence-electron chi connectivity index (χ0n) is 21.5. The minimum Gasteiger partial charge on any atom is -0.394 e. The first-order valence-electron chi connectivity index (χ1n) is 12.4. The smallest absolute Gasteiger partial charge is 0.245 e. The predicted octanol–water partition coefficient (Wildman–Crippen LogP) is -3.33. The molecule has 14 nitrogen and oxygen atoms in total. The van der Waals surface area contributed by atoms with Gasteiger partial charge in [-0.3, -0.25) is 24.2 Å². The number of unbranched alkanes of at least 4 members (excludes halogenated alkanes) is 1. The molecule has 1 aromatic carbocycles. The summed E-state index contributed by atoms with van der Waals surface area (Å²) in [5, 5.41) is 17.2. The van der Waals surface area contributed by atoms with E-state index in [4.69, 9.17) is 28.7 Å². The number of aliphatic hydroxyl groups excluding tert-OH is 1. The molecule has 0 fully saturated rings. The molecule has 0 aliphatic carbocycles. The van der Waals surface area contributed by atoms with E-state index in [2.05, 4.69) is 20.9 Å². The Hall–Kier alpha value is -3.75. The molecule has 0 radical (unpaired) electrons.